The number of nitrogens with one attached hydrogen (secondary N) is 1. The molecule has 1 fully saturated rings. The van der Waals surface area contributed by atoms with Crippen LogP contribution in [0, 0.1) is 27.4 Å². The first-order chi connectivity index (χ1) is 11.3. The maximum absolute atomic E-state index is 12.3. The fourth-order valence-electron chi connectivity index (χ4n) is 2.75. The number of hydrogen-bond acceptors (Lipinski definition) is 5. The second-order valence-electron chi connectivity index (χ2n) is 5.81. The molecular weight excluding hydrogens is 325 g/mol. The predicted octanol–water partition coefficient (Wildman–Crippen LogP) is 3.15. The smallest absolute Gasteiger partial charge is 0.384 e. The number of likely N-dealkylation sites (tertiary alicyclic amines) is 1. The molecule has 0 unspecified atom stereocenters. The number of alkyl halides is 3. The van der Waals surface area contributed by atoms with E-state index >= 15 is 0 Å². The van der Waals surface area contributed by atoms with Gasteiger partial charge in [0.15, 0.2) is 0 Å². The Morgan fingerprint density at radius 3 is 2.58 bits per heavy atom. The minimum absolute atomic E-state index is 0.155. The highest BCUT2D eigenvalue weighted by atomic mass is 19.4. The summed E-state index contributed by atoms with van der Waals surface area (Å²) in [5.74, 6) is 0.205. The number of piperidine rings is 1. The van der Waals surface area contributed by atoms with Gasteiger partial charge in [-0.05, 0) is 37.9 Å². The van der Waals surface area contributed by atoms with Gasteiger partial charge in [0.1, 0.15) is 6.07 Å². The van der Waals surface area contributed by atoms with E-state index in [-0.39, 0.29) is 17.2 Å². The number of benzene rings is 1. The average molecular weight is 342 g/mol. The standard InChI is InChI=1S/C15H17F3N4O2/c16-15(17,18)10-21-5-3-11(4-6-21)9-20-14-2-1-13(22(23)24)7-12(14)8-19/h1-2,7,11,20H,3-6,9-10H2. The fraction of sp³-hybridized carbons (Fsp3) is 0.533. The lowest BCUT2D eigenvalue weighted by atomic mass is 9.96. The molecule has 0 aromatic heterocycles. The molecule has 1 N–H and O–H groups in total. The Labute approximate surface area is 137 Å². The summed E-state index contributed by atoms with van der Waals surface area (Å²) in [6.07, 6.45) is -2.90. The lowest BCUT2D eigenvalue weighted by molar-refractivity contribution is -0.384. The Balaban J connectivity index is 1.87. The number of rotatable bonds is 5. The molecule has 130 valence electrons. The van der Waals surface area contributed by atoms with Crippen molar-refractivity contribution in [2.75, 3.05) is 31.5 Å². The number of nitro benzene ring substituents is 1. The van der Waals surface area contributed by atoms with E-state index in [1.165, 1.54) is 23.1 Å². The van der Waals surface area contributed by atoms with Crippen molar-refractivity contribution in [2.45, 2.75) is 19.0 Å². The van der Waals surface area contributed by atoms with Crippen molar-refractivity contribution in [1.82, 2.24) is 4.90 Å². The second-order valence-corrected chi connectivity index (χ2v) is 5.81. The third-order valence-electron chi connectivity index (χ3n) is 4.03. The molecule has 2 rings (SSSR count). The average Bonchev–Trinajstić information content (AvgIpc) is 2.52. The molecule has 0 amide bonds. The van der Waals surface area contributed by atoms with Crippen LogP contribution in [0.25, 0.3) is 0 Å². The van der Waals surface area contributed by atoms with Crippen LogP contribution in [0.15, 0.2) is 18.2 Å². The van der Waals surface area contributed by atoms with E-state index < -0.39 is 17.6 Å². The fourth-order valence-corrected chi connectivity index (χ4v) is 2.75. The van der Waals surface area contributed by atoms with Gasteiger partial charge < -0.3 is 5.32 Å². The summed E-state index contributed by atoms with van der Waals surface area (Å²) in [7, 11) is 0. The van der Waals surface area contributed by atoms with Crippen molar-refractivity contribution >= 4 is 11.4 Å². The number of anilines is 1. The van der Waals surface area contributed by atoms with Gasteiger partial charge in [0, 0.05) is 18.7 Å². The number of nitrogens with zero attached hydrogens (tertiary/aromatic N) is 3. The van der Waals surface area contributed by atoms with Crippen molar-refractivity contribution in [3.63, 3.8) is 0 Å². The van der Waals surface area contributed by atoms with Gasteiger partial charge in [-0.1, -0.05) is 0 Å². The Kier molecular flexibility index (Phi) is 5.62. The number of halogens is 3. The topological polar surface area (TPSA) is 82.2 Å². The van der Waals surface area contributed by atoms with Crippen LogP contribution in [-0.2, 0) is 0 Å². The van der Waals surface area contributed by atoms with Gasteiger partial charge in [0.25, 0.3) is 5.69 Å². The van der Waals surface area contributed by atoms with Crippen LogP contribution in [0.3, 0.4) is 0 Å². The minimum Gasteiger partial charge on any atom is -0.384 e. The highest BCUT2D eigenvalue weighted by Gasteiger charge is 2.32. The van der Waals surface area contributed by atoms with E-state index in [0.717, 1.165) is 0 Å². The maximum atomic E-state index is 12.3. The molecule has 1 aliphatic heterocycles. The van der Waals surface area contributed by atoms with Gasteiger partial charge >= 0.3 is 6.18 Å². The molecule has 1 saturated heterocycles. The van der Waals surface area contributed by atoms with E-state index in [1.807, 2.05) is 6.07 Å². The van der Waals surface area contributed by atoms with Crippen LogP contribution in [0.1, 0.15) is 18.4 Å². The molecule has 1 heterocycles. The van der Waals surface area contributed by atoms with Gasteiger partial charge in [0.05, 0.1) is 22.7 Å². The summed E-state index contributed by atoms with van der Waals surface area (Å²) in [6, 6.07) is 5.91. The molecule has 1 aromatic rings. The van der Waals surface area contributed by atoms with Crippen molar-refractivity contribution in [2.24, 2.45) is 5.92 Å². The molecule has 6 nitrogen and oxygen atoms in total. The molecule has 1 aliphatic rings. The first kappa shape index (κ1) is 18.0. The van der Waals surface area contributed by atoms with E-state index in [0.29, 0.717) is 38.2 Å². The molecule has 0 radical (unpaired) electrons. The molecule has 0 saturated carbocycles. The van der Waals surface area contributed by atoms with Crippen LogP contribution in [0.4, 0.5) is 24.5 Å². The molecule has 0 atom stereocenters. The summed E-state index contributed by atoms with van der Waals surface area (Å²) < 4.78 is 37.0. The third kappa shape index (κ3) is 5.09. The molecule has 0 spiro atoms. The molecular formula is C15H17F3N4O2. The van der Waals surface area contributed by atoms with Gasteiger partial charge in [0.2, 0.25) is 0 Å². The van der Waals surface area contributed by atoms with Crippen molar-refractivity contribution in [3.8, 4) is 6.07 Å². The monoisotopic (exact) mass is 342 g/mol. The Morgan fingerprint density at radius 2 is 2.04 bits per heavy atom. The zero-order valence-electron chi connectivity index (χ0n) is 12.8. The normalized spacial score (nSPS) is 16.6. The quantitative estimate of drug-likeness (QED) is 0.656. The van der Waals surface area contributed by atoms with E-state index in [4.69, 9.17) is 5.26 Å². The molecule has 0 bridgehead atoms. The lowest BCUT2D eigenvalue weighted by Crippen LogP contribution is -2.41. The second kappa shape index (κ2) is 7.49. The summed E-state index contributed by atoms with van der Waals surface area (Å²) in [5.41, 5.74) is 0.525. The van der Waals surface area contributed by atoms with Crippen LogP contribution in [-0.4, -0.2) is 42.2 Å². The minimum atomic E-state index is -4.18. The first-order valence-electron chi connectivity index (χ1n) is 7.50. The van der Waals surface area contributed by atoms with Crippen LogP contribution in [0.2, 0.25) is 0 Å². The molecule has 0 aliphatic carbocycles. The molecule has 9 heteroatoms. The van der Waals surface area contributed by atoms with E-state index in [2.05, 4.69) is 5.32 Å². The van der Waals surface area contributed by atoms with Crippen molar-refractivity contribution in [1.29, 1.82) is 5.26 Å². The van der Waals surface area contributed by atoms with Gasteiger partial charge in [-0.15, -0.1) is 0 Å². The van der Waals surface area contributed by atoms with Crippen LogP contribution >= 0.6 is 0 Å². The molecule has 24 heavy (non-hydrogen) atoms. The third-order valence-corrected chi connectivity index (χ3v) is 4.03. The van der Waals surface area contributed by atoms with E-state index in [1.54, 1.807) is 0 Å². The maximum Gasteiger partial charge on any atom is 0.401 e. The summed E-state index contributed by atoms with van der Waals surface area (Å²) in [5, 5.41) is 22.9. The van der Waals surface area contributed by atoms with Crippen molar-refractivity contribution in [3.05, 3.63) is 33.9 Å². The van der Waals surface area contributed by atoms with Gasteiger partial charge in [-0.25, -0.2) is 0 Å². The first-order valence-corrected chi connectivity index (χ1v) is 7.50. The van der Waals surface area contributed by atoms with Crippen LogP contribution < -0.4 is 5.32 Å². The number of nitriles is 1. The van der Waals surface area contributed by atoms with E-state index in [9.17, 15) is 23.3 Å². The SMILES string of the molecule is N#Cc1cc([N+](=O)[O-])ccc1NCC1CCN(CC(F)(F)F)CC1. The highest BCUT2D eigenvalue weighted by molar-refractivity contribution is 5.61. The summed E-state index contributed by atoms with van der Waals surface area (Å²) in [4.78, 5) is 11.5. The zero-order valence-corrected chi connectivity index (χ0v) is 12.8. The molecule has 1 aromatic carbocycles. The summed E-state index contributed by atoms with van der Waals surface area (Å²) >= 11 is 0. The predicted molar refractivity (Wildman–Crippen MR) is 81.5 cm³/mol. The number of hydrogen-bond donors (Lipinski definition) is 1. The highest BCUT2D eigenvalue weighted by Crippen LogP contribution is 2.25. The zero-order chi connectivity index (χ0) is 17.7. The van der Waals surface area contributed by atoms with Gasteiger partial charge in [-0.2, -0.15) is 18.4 Å². The van der Waals surface area contributed by atoms with Gasteiger partial charge in [-0.3, -0.25) is 15.0 Å². The Morgan fingerprint density at radius 1 is 1.38 bits per heavy atom. The Hall–Kier alpha value is -2.34. The number of non-ortho nitro benzene ring substituents is 1. The number of nitro groups is 1. The summed E-state index contributed by atoms with van der Waals surface area (Å²) in [6.45, 7) is 0.412. The van der Waals surface area contributed by atoms with Crippen LogP contribution in [0.5, 0.6) is 0 Å². The lowest BCUT2D eigenvalue weighted by Gasteiger charge is -2.32. The van der Waals surface area contributed by atoms with Crippen molar-refractivity contribution < 1.29 is 18.1 Å². The largest absolute Gasteiger partial charge is 0.401 e. The Bertz CT molecular complexity index is 635.